The van der Waals surface area contributed by atoms with Crippen molar-refractivity contribution >= 4 is 17.2 Å². The number of likely N-dealkylation sites (tertiary alicyclic amines) is 1. The number of aryl methyl sites for hydroxylation is 2. The summed E-state index contributed by atoms with van der Waals surface area (Å²) in [5.41, 5.74) is 8.42. The molecule has 1 saturated heterocycles. The van der Waals surface area contributed by atoms with Gasteiger partial charge in [0, 0.05) is 18.5 Å². The van der Waals surface area contributed by atoms with Crippen molar-refractivity contribution in [2.75, 3.05) is 13.1 Å². The Hall–Kier alpha value is -0.940. The number of piperidine rings is 1. The first-order valence-corrected chi connectivity index (χ1v) is 7.97. The molecule has 1 aliphatic heterocycles. The van der Waals surface area contributed by atoms with Crippen LogP contribution in [0.5, 0.6) is 0 Å². The predicted octanol–water partition coefficient (Wildman–Crippen LogP) is 2.35. The Morgan fingerprint density at radius 1 is 1.40 bits per heavy atom. The molecule has 1 aliphatic rings. The number of nitrogens with two attached hydrogens (primary N) is 1. The summed E-state index contributed by atoms with van der Waals surface area (Å²) in [6, 6.07) is 2.24. The number of thiocarbonyl (C=S) groups is 1. The van der Waals surface area contributed by atoms with Gasteiger partial charge in [0.2, 0.25) is 0 Å². The Kier molecular flexibility index (Phi) is 4.81. The van der Waals surface area contributed by atoms with Gasteiger partial charge in [0.1, 0.15) is 0 Å². The lowest BCUT2D eigenvalue weighted by atomic mass is 9.80. The Morgan fingerprint density at radius 2 is 2.05 bits per heavy atom. The molecule has 0 unspecified atom stereocenters. The van der Waals surface area contributed by atoms with E-state index >= 15 is 0 Å². The first-order valence-electron chi connectivity index (χ1n) is 7.56. The van der Waals surface area contributed by atoms with Crippen LogP contribution in [0.4, 0.5) is 0 Å². The second-order valence-electron chi connectivity index (χ2n) is 6.00. The molecule has 2 rings (SSSR count). The van der Waals surface area contributed by atoms with Crippen LogP contribution in [0, 0.1) is 5.41 Å². The van der Waals surface area contributed by atoms with Crippen LogP contribution in [0.15, 0.2) is 6.07 Å². The third-order valence-electron chi connectivity index (χ3n) is 4.52. The van der Waals surface area contributed by atoms with Gasteiger partial charge in [0.15, 0.2) is 0 Å². The zero-order chi connectivity index (χ0) is 14.8. The molecule has 20 heavy (non-hydrogen) atoms. The van der Waals surface area contributed by atoms with Crippen LogP contribution in [0.2, 0.25) is 0 Å². The van der Waals surface area contributed by atoms with Crippen LogP contribution >= 0.6 is 12.2 Å². The molecular weight excluding hydrogens is 268 g/mol. The van der Waals surface area contributed by atoms with Crippen LogP contribution in [-0.4, -0.2) is 32.8 Å². The summed E-state index contributed by atoms with van der Waals surface area (Å²) in [5, 5.41) is 4.62. The Labute approximate surface area is 127 Å². The first-order chi connectivity index (χ1) is 9.48. The molecule has 1 aromatic rings. The fourth-order valence-electron chi connectivity index (χ4n) is 2.77. The first kappa shape index (κ1) is 15.4. The fraction of sp³-hybridized carbons (Fsp3) is 0.733. The van der Waals surface area contributed by atoms with E-state index < -0.39 is 0 Å². The molecule has 0 bridgehead atoms. The van der Waals surface area contributed by atoms with Crippen molar-refractivity contribution in [2.45, 2.75) is 53.1 Å². The summed E-state index contributed by atoms with van der Waals surface area (Å²) in [6.07, 6.45) is 3.12. The smallest absolute Gasteiger partial charge is 0.0788 e. The quantitative estimate of drug-likeness (QED) is 0.847. The molecule has 2 N–H and O–H groups in total. The van der Waals surface area contributed by atoms with Crippen molar-refractivity contribution < 1.29 is 0 Å². The molecule has 0 spiro atoms. The van der Waals surface area contributed by atoms with Crippen LogP contribution in [-0.2, 0) is 19.5 Å². The van der Waals surface area contributed by atoms with Crippen molar-refractivity contribution in [1.29, 1.82) is 0 Å². The molecule has 0 aromatic carbocycles. The van der Waals surface area contributed by atoms with E-state index in [9.17, 15) is 0 Å². The minimum atomic E-state index is 0.0470. The van der Waals surface area contributed by atoms with E-state index in [0.29, 0.717) is 4.99 Å². The normalized spacial score (nSPS) is 19.1. The van der Waals surface area contributed by atoms with E-state index in [-0.39, 0.29) is 5.41 Å². The minimum Gasteiger partial charge on any atom is -0.393 e. The molecule has 2 heterocycles. The number of aromatic nitrogens is 2. The topological polar surface area (TPSA) is 47.1 Å². The second-order valence-corrected chi connectivity index (χ2v) is 6.44. The number of rotatable bonds is 5. The lowest BCUT2D eigenvalue weighted by molar-refractivity contribution is 0.154. The summed E-state index contributed by atoms with van der Waals surface area (Å²) in [4.78, 5) is 3.16. The highest BCUT2D eigenvalue weighted by Gasteiger charge is 2.32. The molecule has 1 aromatic heterocycles. The molecule has 0 saturated carbocycles. The molecule has 0 atom stereocenters. The van der Waals surface area contributed by atoms with Gasteiger partial charge < -0.3 is 5.73 Å². The maximum Gasteiger partial charge on any atom is 0.0788 e. The standard InChI is InChI=1S/C15H26N4S/c1-4-12-10-13(19(5-2)17-12)11-18-8-6-15(3,7-9-18)14(16)20/h10H,4-9,11H2,1-3H3,(H2,16,20). The summed E-state index contributed by atoms with van der Waals surface area (Å²) < 4.78 is 2.13. The maximum absolute atomic E-state index is 5.87. The Morgan fingerprint density at radius 3 is 2.55 bits per heavy atom. The molecule has 5 heteroatoms. The van der Waals surface area contributed by atoms with Gasteiger partial charge in [-0.05, 0) is 45.3 Å². The van der Waals surface area contributed by atoms with Gasteiger partial charge in [-0.1, -0.05) is 26.1 Å². The molecule has 4 nitrogen and oxygen atoms in total. The summed E-state index contributed by atoms with van der Waals surface area (Å²) >= 11 is 5.20. The van der Waals surface area contributed by atoms with Gasteiger partial charge in [-0.25, -0.2) is 0 Å². The van der Waals surface area contributed by atoms with Crippen molar-refractivity contribution in [2.24, 2.45) is 11.1 Å². The number of hydrogen-bond donors (Lipinski definition) is 1. The van der Waals surface area contributed by atoms with Gasteiger partial charge in [0.05, 0.1) is 16.4 Å². The molecule has 0 amide bonds. The SMILES string of the molecule is CCc1cc(CN2CCC(C)(C(N)=S)CC2)n(CC)n1. The van der Waals surface area contributed by atoms with Gasteiger partial charge in [0.25, 0.3) is 0 Å². The zero-order valence-corrected chi connectivity index (χ0v) is 13.7. The van der Waals surface area contributed by atoms with Crippen LogP contribution in [0.25, 0.3) is 0 Å². The third kappa shape index (κ3) is 3.20. The monoisotopic (exact) mass is 294 g/mol. The Bertz CT molecular complexity index is 472. The molecular formula is C15H26N4S. The lowest BCUT2D eigenvalue weighted by Crippen LogP contribution is -2.44. The van der Waals surface area contributed by atoms with Crippen LogP contribution in [0.1, 0.15) is 45.0 Å². The summed E-state index contributed by atoms with van der Waals surface area (Å²) in [7, 11) is 0. The van der Waals surface area contributed by atoms with E-state index in [4.69, 9.17) is 18.0 Å². The second kappa shape index (κ2) is 6.22. The van der Waals surface area contributed by atoms with E-state index in [1.807, 2.05) is 0 Å². The average Bonchev–Trinajstić information content (AvgIpc) is 2.83. The highest BCUT2D eigenvalue weighted by Crippen LogP contribution is 2.31. The van der Waals surface area contributed by atoms with Crippen molar-refractivity contribution in [3.63, 3.8) is 0 Å². The number of nitrogens with zero attached hydrogens (tertiary/aromatic N) is 3. The molecule has 1 fully saturated rings. The number of hydrogen-bond acceptors (Lipinski definition) is 3. The van der Waals surface area contributed by atoms with Crippen molar-refractivity contribution in [3.05, 3.63) is 17.5 Å². The van der Waals surface area contributed by atoms with Crippen molar-refractivity contribution in [1.82, 2.24) is 14.7 Å². The molecule has 0 radical (unpaired) electrons. The average molecular weight is 294 g/mol. The lowest BCUT2D eigenvalue weighted by Gasteiger charge is -2.38. The van der Waals surface area contributed by atoms with Gasteiger partial charge in [-0.15, -0.1) is 0 Å². The predicted molar refractivity (Wildman–Crippen MR) is 86.7 cm³/mol. The van der Waals surface area contributed by atoms with E-state index in [0.717, 1.165) is 45.4 Å². The van der Waals surface area contributed by atoms with Gasteiger partial charge >= 0.3 is 0 Å². The maximum atomic E-state index is 5.87. The van der Waals surface area contributed by atoms with E-state index in [1.165, 1.54) is 11.4 Å². The molecule has 0 aliphatic carbocycles. The minimum absolute atomic E-state index is 0.0470. The van der Waals surface area contributed by atoms with E-state index in [1.54, 1.807) is 0 Å². The highest BCUT2D eigenvalue weighted by atomic mass is 32.1. The third-order valence-corrected chi connectivity index (χ3v) is 5.01. The van der Waals surface area contributed by atoms with Crippen LogP contribution in [0.3, 0.4) is 0 Å². The highest BCUT2D eigenvalue weighted by molar-refractivity contribution is 7.80. The zero-order valence-electron chi connectivity index (χ0n) is 12.9. The van der Waals surface area contributed by atoms with Gasteiger partial charge in [-0.3, -0.25) is 9.58 Å². The van der Waals surface area contributed by atoms with Crippen LogP contribution < -0.4 is 5.73 Å². The van der Waals surface area contributed by atoms with Gasteiger partial charge in [-0.2, -0.15) is 5.10 Å². The van der Waals surface area contributed by atoms with Crippen molar-refractivity contribution in [3.8, 4) is 0 Å². The summed E-state index contributed by atoms with van der Waals surface area (Å²) in [5.74, 6) is 0. The summed E-state index contributed by atoms with van der Waals surface area (Å²) in [6.45, 7) is 10.5. The largest absolute Gasteiger partial charge is 0.393 e. The molecule has 112 valence electrons. The fourth-order valence-corrected chi connectivity index (χ4v) is 2.97. The Balaban J connectivity index is 1.99. The van der Waals surface area contributed by atoms with E-state index in [2.05, 4.69) is 41.5 Å².